The van der Waals surface area contributed by atoms with Crippen LogP contribution in [0.15, 0.2) is 21.8 Å². The first-order valence-electron chi connectivity index (χ1n) is 9.52. The minimum absolute atomic E-state index is 0. The average Bonchev–Trinajstić information content (AvgIpc) is 3.15. The molecule has 1 amide bonds. The van der Waals surface area contributed by atoms with Crippen molar-refractivity contribution in [2.45, 2.75) is 64.3 Å². The molecule has 2 rings (SSSR count). The van der Waals surface area contributed by atoms with Gasteiger partial charge in [-0.25, -0.2) is 0 Å². The van der Waals surface area contributed by atoms with Crippen LogP contribution < -0.4 is 16.0 Å². The largest absolute Gasteiger partial charge is 0.357 e. The van der Waals surface area contributed by atoms with Crippen molar-refractivity contribution in [2.24, 2.45) is 4.99 Å². The van der Waals surface area contributed by atoms with Gasteiger partial charge in [0.1, 0.15) is 0 Å². The second-order valence-corrected chi connectivity index (χ2v) is 7.54. The molecule has 1 saturated carbocycles. The van der Waals surface area contributed by atoms with E-state index in [1.165, 1.54) is 24.8 Å². The molecule has 0 aromatic carbocycles. The van der Waals surface area contributed by atoms with Gasteiger partial charge < -0.3 is 16.0 Å². The maximum Gasteiger partial charge on any atom is 0.221 e. The summed E-state index contributed by atoms with van der Waals surface area (Å²) in [5.41, 5.74) is 1.33. The molecule has 148 valence electrons. The first kappa shape index (κ1) is 23.2. The summed E-state index contributed by atoms with van der Waals surface area (Å²) in [6.45, 7) is 6.40. The third kappa shape index (κ3) is 8.70. The predicted octanol–water partition coefficient (Wildman–Crippen LogP) is 3.86. The molecule has 7 heteroatoms. The fourth-order valence-electron chi connectivity index (χ4n) is 3.07. The van der Waals surface area contributed by atoms with E-state index in [4.69, 9.17) is 0 Å². The van der Waals surface area contributed by atoms with Crippen LogP contribution in [0.25, 0.3) is 0 Å². The third-order valence-electron chi connectivity index (χ3n) is 4.59. The molecule has 1 fully saturated rings. The second kappa shape index (κ2) is 13.4. The van der Waals surface area contributed by atoms with E-state index in [2.05, 4.69) is 51.6 Å². The molecular formula is C19H33IN4OS. The summed E-state index contributed by atoms with van der Waals surface area (Å²) in [4.78, 5) is 16.7. The minimum Gasteiger partial charge on any atom is -0.357 e. The normalized spacial score (nSPS) is 16.5. The highest BCUT2D eigenvalue weighted by molar-refractivity contribution is 14.0. The van der Waals surface area contributed by atoms with E-state index in [1.807, 2.05) is 0 Å². The van der Waals surface area contributed by atoms with E-state index in [-0.39, 0.29) is 29.9 Å². The average molecular weight is 492 g/mol. The number of carbonyl (C=O) groups excluding carboxylic acids is 1. The second-order valence-electron chi connectivity index (χ2n) is 6.76. The Morgan fingerprint density at radius 2 is 2.08 bits per heavy atom. The van der Waals surface area contributed by atoms with Crippen molar-refractivity contribution in [3.05, 3.63) is 22.4 Å². The van der Waals surface area contributed by atoms with Crippen molar-refractivity contribution < 1.29 is 4.79 Å². The molecule has 1 unspecified atom stereocenters. The number of aliphatic imine (C=N–C) groups is 1. The lowest BCUT2D eigenvalue weighted by Crippen LogP contribution is -2.41. The number of rotatable bonds is 8. The SMILES string of the molecule is CCNC(=NCC(C)c1ccsc1)NCCC(=O)NC1CCCCC1.I. The Labute approximate surface area is 178 Å². The summed E-state index contributed by atoms with van der Waals surface area (Å²) in [7, 11) is 0. The number of halogens is 1. The van der Waals surface area contributed by atoms with E-state index in [0.717, 1.165) is 31.9 Å². The van der Waals surface area contributed by atoms with Gasteiger partial charge in [0.25, 0.3) is 0 Å². The number of carbonyl (C=O) groups is 1. The van der Waals surface area contributed by atoms with E-state index in [0.29, 0.717) is 24.9 Å². The molecule has 1 heterocycles. The molecule has 1 aromatic rings. The topological polar surface area (TPSA) is 65.5 Å². The smallest absolute Gasteiger partial charge is 0.221 e. The van der Waals surface area contributed by atoms with Crippen LogP contribution >= 0.6 is 35.3 Å². The van der Waals surface area contributed by atoms with Gasteiger partial charge in [0.15, 0.2) is 5.96 Å². The summed E-state index contributed by atoms with van der Waals surface area (Å²) < 4.78 is 0. The van der Waals surface area contributed by atoms with Crippen molar-refractivity contribution in [3.8, 4) is 0 Å². The maximum absolute atomic E-state index is 12.1. The van der Waals surface area contributed by atoms with E-state index in [9.17, 15) is 4.79 Å². The molecule has 26 heavy (non-hydrogen) atoms. The highest BCUT2D eigenvalue weighted by atomic mass is 127. The van der Waals surface area contributed by atoms with Gasteiger partial charge in [-0.2, -0.15) is 11.3 Å². The molecule has 0 aliphatic heterocycles. The molecule has 1 aromatic heterocycles. The van der Waals surface area contributed by atoms with E-state index >= 15 is 0 Å². The van der Waals surface area contributed by atoms with Crippen LogP contribution in [0.4, 0.5) is 0 Å². The summed E-state index contributed by atoms with van der Waals surface area (Å²) >= 11 is 1.72. The molecule has 1 aliphatic rings. The highest BCUT2D eigenvalue weighted by Crippen LogP contribution is 2.18. The van der Waals surface area contributed by atoms with Gasteiger partial charge in [-0.1, -0.05) is 26.2 Å². The Morgan fingerprint density at radius 1 is 1.31 bits per heavy atom. The zero-order valence-electron chi connectivity index (χ0n) is 15.9. The molecule has 0 bridgehead atoms. The number of nitrogens with one attached hydrogen (secondary N) is 3. The van der Waals surface area contributed by atoms with Gasteiger partial charge in [0, 0.05) is 38.0 Å². The Bertz CT molecular complexity index is 530. The third-order valence-corrected chi connectivity index (χ3v) is 5.30. The Morgan fingerprint density at radius 3 is 2.73 bits per heavy atom. The highest BCUT2D eigenvalue weighted by Gasteiger charge is 2.15. The lowest BCUT2D eigenvalue weighted by atomic mass is 9.95. The summed E-state index contributed by atoms with van der Waals surface area (Å²) in [5, 5.41) is 14.0. The molecule has 0 radical (unpaired) electrons. The Balaban J connectivity index is 0.00000338. The van der Waals surface area contributed by atoms with Crippen LogP contribution in [0.1, 0.15) is 63.9 Å². The molecule has 0 saturated heterocycles. The Kier molecular flexibility index (Phi) is 11.9. The lowest BCUT2D eigenvalue weighted by Gasteiger charge is -2.22. The van der Waals surface area contributed by atoms with Crippen molar-refractivity contribution in [1.82, 2.24) is 16.0 Å². The van der Waals surface area contributed by atoms with Crippen molar-refractivity contribution in [3.63, 3.8) is 0 Å². The Hall–Kier alpha value is -0.830. The maximum atomic E-state index is 12.1. The van der Waals surface area contributed by atoms with Crippen molar-refractivity contribution >= 4 is 47.2 Å². The fourth-order valence-corrected chi connectivity index (χ4v) is 3.85. The van der Waals surface area contributed by atoms with E-state index < -0.39 is 0 Å². The molecule has 0 spiro atoms. The first-order chi connectivity index (χ1) is 12.2. The number of guanidine groups is 1. The molecule has 3 N–H and O–H groups in total. The molecule has 5 nitrogen and oxygen atoms in total. The number of nitrogens with zero attached hydrogens (tertiary/aromatic N) is 1. The van der Waals surface area contributed by atoms with Gasteiger partial charge in [-0.15, -0.1) is 24.0 Å². The summed E-state index contributed by atoms with van der Waals surface area (Å²) in [6.07, 6.45) is 6.53. The van der Waals surface area contributed by atoms with Crippen LogP contribution in [0.2, 0.25) is 0 Å². The molecule has 1 atom stereocenters. The number of amides is 1. The standard InChI is InChI=1S/C19H32N4OS.HI/c1-3-20-19(22-13-15(2)16-10-12-25-14-16)21-11-9-18(24)23-17-7-5-4-6-8-17;/h10,12,14-15,17H,3-9,11,13H2,1-2H3,(H,23,24)(H2,20,21,22);1H. The van der Waals surface area contributed by atoms with Gasteiger partial charge in [-0.05, 0) is 42.2 Å². The van der Waals surface area contributed by atoms with Crippen LogP contribution in [0.5, 0.6) is 0 Å². The number of thiophene rings is 1. The van der Waals surface area contributed by atoms with Crippen molar-refractivity contribution in [1.29, 1.82) is 0 Å². The van der Waals surface area contributed by atoms with Gasteiger partial charge >= 0.3 is 0 Å². The molecular weight excluding hydrogens is 459 g/mol. The van der Waals surface area contributed by atoms with Crippen LogP contribution in [-0.4, -0.2) is 37.5 Å². The van der Waals surface area contributed by atoms with Crippen molar-refractivity contribution in [2.75, 3.05) is 19.6 Å². The van der Waals surface area contributed by atoms with Gasteiger partial charge in [-0.3, -0.25) is 9.79 Å². The summed E-state index contributed by atoms with van der Waals surface area (Å²) in [6, 6.07) is 2.54. The predicted molar refractivity (Wildman–Crippen MR) is 122 cm³/mol. The zero-order chi connectivity index (χ0) is 17.9. The lowest BCUT2D eigenvalue weighted by molar-refractivity contribution is -0.121. The number of hydrogen-bond acceptors (Lipinski definition) is 3. The monoisotopic (exact) mass is 492 g/mol. The fraction of sp³-hybridized carbons (Fsp3) is 0.684. The van der Waals surface area contributed by atoms with Gasteiger partial charge in [0.05, 0.1) is 0 Å². The van der Waals surface area contributed by atoms with E-state index in [1.54, 1.807) is 11.3 Å². The quantitative estimate of drug-likeness (QED) is 0.293. The molecule has 1 aliphatic carbocycles. The zero-order valence-corrected chi connectivity index (χ0v) is 19.1. The first-order valence-corrected chi connectivity index (χ1v) is 10.5. The summed E-state index contributed by atoms with van der Waals surface area (Å²) in [5.74, 6) is 1.33. The minimum atomic E-state index is 0. The van der Waals surface area contributed by atoms with Crippen LogP contribution in [-0.2, 0) is 4.79 Å². The van der Waals surface area contributed by atoms with Crippen LogP contribution in [0, 0.1) is 0 Å². The van der Waals surface area contributed by atoms with Gasteiger partial charge in [0.2, 0.25) is 5.91 Å². The van der Waals surface area contributed by atoms with Crippen LogP contribution in [0.3, 0.4) is 0 Å². The number of hydrogen-bond donors (Lipinski definition) is 3.